The number of hydrogen-bond donors (Lipinski definition) is 1. The Kier molecular flexibility index (Phi) is 5.70. The van der Waals surface area contributed by atoms with Gasteiger partial charge >= 0.3 is 6.18 Å². The van der Waals surface area contributed by atoms with Crippen molar-refractivity contribution in [3.05, 3.63) is 46.7 Å². The van der Waals surface area contributed by atoms with Crippen LogP contribution in [0.4, 0.5) is 18.9 Å². The van der Waals surface area contributed by atoms with E-state index in [4.69, 9.17) is 4.74 Å². The van der Waals surface area contributed by atoms with Crippen LogP contribution < -0.4 is 10.1 Å². The van der Waals surface area contributed by atoms with Crippen molar-refractivity contribution in [3.63, 3.8) is 0 Å². The van der Waals surface area contributed by atoms with Crippen LogP contribution in [0, 0.1) is 0 Å². The van der Waals surface area contributed by atoms with Crippen LogP contribution in [0.15, 0.2) is 41.8 Å². The molecule has 1 aromatic carbocycles. The van der Waals surface area contributed by atoms with Gasteiger partial charge in [-0.15, -0.1) is 11.3 Å². The Labute approximate surface area is 153 Å². The minimum Gasteiger partial charge on any atom is -0.482 e. The fourth-order valence-electron chi connectivity index (χ4n) is 3.01. The highest BCUT2D eigenvalue weighted by molar-refractivity contribution is 7.10. The van der Waals surface area contributed by atoms with Crippen LogP contribution in [-0.4, -0.2) is 36.7 Å². The second-order valence-electron chi connectivity index (χ2n) is 6.01. The van der Waals surface area contributed by atoms with Gasteiger partial charge in [-0.2, -0.15) is 13.2 Å². The number of ether oxygens (including phenoxy) is 1. The molecule has 1 amide bonds. The Balaban J connectivity index is 1.61. The summed E-state index contributed by atoms with van der Waals surface area (Å²) in [4.78, 5) is 15.6. The number of benzene rings is 1. The number of nitrogens with one attached hydrogen (secondary N) is 1. The smallest absolute Gasteiger partial charge is 0.422 e. The average molecular weight is 384 g/mol. The molecule has 26 heavy (non-hydrogen) atoms. The van der Waals surface area contributed by atoms with Crippen molar-refractivity contribution in [2.45, 2.75) is 25.1 Å². The molecule has 0 bridgehead atoms. The predicted molar refractivity (Wildman–Crippen MR) is 94.5 cm³/mol. The molecule has 4 nitrogen and oxygen atoms in total. The summed E-state index contributed by atoms with van der Waals surface area (Å²) >= 11 is 1.63. The van der Waals surface area contributed by atoms with E-state index >= 15 is 0 Å². The lowest BCUT2D eigenvalue weighted by Gasteiger charge is -2.24. The first kappa shape index (κ1) is 18.6. The summed E-state index contributed by atoms with van der Waals surface area (Å²) in [5, 5.41) is 4.90. The van der Waals surface area contributed by atoms with Gasteiger partial charge in [-0.3, -0.25) is 4.79 Å². The Morgan fingerprint density at radius 3 is 2.81 bits per heavy atom. The molecule has 0 radical (unpaired) electrons. The lowest BCUT2D eigenvalue weighted by atomic mass is 10.2. The highest BCUT2D eigenvalue weighted by atomic mass is 32.1. The van der Waals surface area contributed by atoms with Gasteiger partial charge in [-0.05, 0) is 36.4 Å². The number of alkyl halides is 3. The van der Waals surface area contributed by atoms with Gasteiger partial charge in [0.1, 0.15) is 5.75 Å². The summed E-state index contributed by atoms with van der Waals surface area (Å²) in [5.41, 5.74) is 0.372. The van der Waals surface area contributed by atoms with E-state index in [9.17, 15) is 18.0 Å². The first-order valence-electron chi connectivity index (χ1n) is 8.29. The van der Waals surface area contributed by atoms with Gasteiger partial charge in [0.2, 0.25) is 5.91 Å². The maximum atomic E-state index is 12.6. The average Bonchev–Trinajstić information content (AvgIpc) is 3.28. The molecule has 1 unspecified atom stereocenters. The molecular formula is C18H19F3N2O2S. The summed E-state index contributed by atoms with van der Waals surface area (Å²) < 4.78 is 41.9. The second kappa shape index (κ2) is 7.99. The molecule has 1 N–H and O–H groups in total. The van der Waals surface area contributed by atoms with E-state index in [-0.39, 0.29) is 24.2 Å². The SMILES string of the molecule is O=C(CNc1ccccc1OCC(F)(F)F)N1CCCC1c1cccs1. The number of carbonyl (C=O) groups excluding carboxylic acids is 1. The maximum absolute atomic E-state index is 12.6. The molecule has 1 saturated heterocycles. The Morgan fingerprint density at radius 1 is 1.27 bits per heavy atom. The zero-order valence-electron chi connectivity index (χ0n) is 14.0. The highest BCUT2D eigenvalue weighted by Gasteiger charge is 2.31. The third kappa shape index (κ3) is 4.69. The minimum atomic E-state index is -4.41. The van der Waals surface area contributed by atoms with Crippen LogP contribution in [-0.2, 0) is 4.79 Å². The molecule has 1 fully saturated rings. The summed E-state index contributed by atoms with van der Waals surface area (Å²) in [6.07, 6.45) is -2.54. The molecule has 1 aliphatic heterocycles. The Morgan fingerprint density at radius 2 is 2.08 bits per heavy atom. The van der Waals surface area contributed by atoms with E-state index in [0.717, 1.165) is 17.7 Å². The van der Waals surface area contributed by atoms with Gasteiger partial charge < -0.3 is 15.0 Å². The largest absolute Gasteiger partial charge is 0.482 e. The standard InChI is InChI=1S/C18H19F3N2O2S/c19-18(20,21)12-25-15-7-2-1-5-13(15)22-11-17(24)23-9-3-6-14(23)16-8-4-10-26-16/h1-2,4-5,7-8,10,14,22H,3,6,9,11-12H2. The summed E-state index contributed by atoms with van der Waals surface area (Å²) in [6, 6.07) is 10.4. The van der Waals surface area contributed by atoms with Crippen LogP contribution in [0.5, 0.6) is 5.75 Å². The number of anilines is 1. The first-order valence-corrected chi connectivity index (χ1v) is 9.17. The topological polar surface area (TPSA) is 41.6 Å². The molecule has 140 valence electrons. The third-order valence-electron chi connectivity index (χ3n) is 4.15. The van der Waals surface area contributed by atoms with Gasteiger partial charge in [-0.25, -0.2) is 0 Å². The number of para-hydroxylation sites is 2. The zero-order valence-corrected chi connectivity index (χ0v) is 14.8. The van der Waals surface area contributed by atoms with Crippen molar-refractivity contribution in [2.24, 2.45) is 0 Å². The molecule has 1 atom stereocenters. The Hall–Kier alpha value is -2.22. The quantitative estimate of drug-likeness (QED) is 0.799. The zero-order chi connectivity index (χ0) is 18.6. The number of likely N-dealkylation sites (tertiary alicyclic amines) is 1. The number of rotatable bonds is 6. The maximum Gasteiger partial charge on any atom is 0.422 e. The van der Waals surface area contributed by atoms with E-state index in [1.54, 1.807) is 29.5 Å². The van der Waals surface area contributed by atoms with Gasteiger partial charge in [-0.1, -0.05) is 18.2 Å². The molecule has 2 aromatic rings. The van der Waals surface area contributed by atoms with E-state index < -0.39 is 12.8 Å². The van der Waals surface area contributed by atoms with Crippen LogP contribution in [0.3, 0.4) is 0 Å². The number of amides is 1. The number of carbonyl (C=O) groups is 1. The molecule has 2 heterocycles. The summed E-state index contributed by atoms with van der Waals surface area (Å²) in [5.74, 6) is 0.000350. The molecule has 0 aliphatic carbocycles. The molecule has 3 rings (SSSR count). The van der Waals surface area contributed by atoms with E-state index in [1.807, 2.05) is 22.4 Å². The van der Waals surface area contributed by atoms with Gasteiger partial charge in [0.05, 0.1) is 18.3 Å². The molecular weight excluding hydrogens is 365 g/mol. The van der Waals surface area contributed by atoms with Crippen molar-refractivity contribution in [1.29, 1.82) is 0 Å². The first-order chi connectivity index (χ1) is 12.4. The summed E-state index contributed by atoms with van der Waals surface area (Å²) in [6.45, 7) is -0.671. The fourth-order valence-corrected chi connectivity index (χ4v) is 3.89. The van der Waals surface area contributed by atoms with Crippen molar-refractivity contribution in [3.8, 4) is 5.75 Å². The van der Waals surface area contributed by atoms with E-state index in [1.165, 1.54) is 6.07 Å². The van der Waals surface area contributed by atoms with Crippen molar-refractivity contribution in [2.75, 3.05) is 25.0 Å². The fraction of sp³-hybridized carbons (Fsp3) is 0.389. The second-order valence-corrected chi connectivity index (χ2v) is 6.99. The monoisotopic (exact) mass is 384 g/mol. The van der Waals surface area contributed by atoms with E-state index in [0.29, 0.717) is 12.2 Å². The Bertz CT molecular complexity index is 734. The van der Waals surface area contributed by atoms with E-state index in [2.05, 4.69) is 5.32 Å². The van der Waals surface area contributed by atoms with Crippen LogP contribution in [0.1, 0.15) is 23.8 Å². The molecule has 0 spiro atoms. The van der Waals surface area contributed by atoms with Gasteiger partial charge in [0.15, 0.2) is 6.61 Å². The van der Waals surface area contributed by atoms with Crippen LogP contribution >= 0.6 is 11.3 Å². The number of hydrogen-bond acceptors (Lipinski definition) is 4. The number of thiophene rings is 1. The van der Waals surface area contributed by atoms with Crippen molar-refractivity contribution in [1.82, 2.24) is 4.90 Å². The lowest BCUT2D eigenvalue weighted by Crippen LogP contribution is -2.34. The van der Waals surface area contributed by atoms with Crippen molar-refractivity contribution >= 4 is 22.9 Å². The normalized spacial score (nSPS) is 17.3. The summed E-state index contributed by atoms with van der Waals surface area (Å²) in [7, 11) is 0. The molecule has 1 aromatic heterocycles. The number of halogens is 3. The lowest BCUT2D eigenvalue weighted by molar-refractivity contribution is -0.153. The number of nitrogens with zero attached hydrogens (tertiary/aromatic N) is 1. The molecule has 8 heteroatoms. The van der Waals surface area contributed by atoms with Crippen LogP contribution in [0.2, 0.25) is 0 Å². The predicted octanol–water partition coefficient (Wildman–Crippen LogP) is 4.46. The van der Waals surface area contributed by atoms with Gasteiger partial charge in [0, 0.05) is 11.4 Å². The third-order valence-corrected chi connectivity index (χ3v) is 5.13. The van der Waals surface area contributed by atoms with Crippen molar-refractivity contribution < 1.29 is 22.7 Å². The molecule has 0 saturated carbocycles. The highest BCUT2D eigenvalue weighted by Crippen LogP contribution is 2.34. The van der Waals surface area contributed by atoms with Crippen LogP contribution in [0.25, 0.3) is 0 Å². The minimum absolute atomic E-state index is 0.00820. The molecule has 1 aliphatic rings. The van der Waals surface area contributed by atoms with Gasteiger partial charge in [0.25, 0.3) is 0 Å².